The zero-order chi connectivity index (χ0) is 12.5. The third-order valence-electron chi connectivity index (χ3n) is 3.32. The largest absolute Gasteiger partial charge is 0.392 e. The molecule has 0 spiro atoms. The minimum Gasteiger partial charge on any atom is -0.392 e. The molecule has 1 aliphatic rings. The number of aliphatic hydroxyl groups excluding tert-OH is 1. The van der Waals surface area contributed by atoms with Crippen LogP contribution < -0.4 is 0 Å². The van der Waals surface area contributed by atoms with Crippen LogP contribution in [0.1, 0.15) is 22.5 Å². The summed E-state index contributed by atoms with van der Waals surface area (Å²) in [7, 11) is 0. The second-order valence-corrected chi connectivity index (χ2v) is 4.59. The lowest BCUT2D eigenvalue weighted by molar-refractivity contribution is 0.184. The fraction of sp³-hybridized carbons (Fsp3) is 0.286. The fourth-order valence-corrected chi connectivity index (χ4v) is 2.48. The van der Waals surface area contributed by atoms with Gasteiger partial charge in [-0.1, -0.05) is 30.3 Å². The maximum Gasteiger partial charge on any atom is 0.166 e. The van der Waals surface area contributed by atoms with Gasteiger partial charge in [-0.25, -0.2) is 0 Å². The highest BCUT2D eigenvalue weighted by molar-refractivity contribution is 5.39. The number of aromatic nitrogens is 2. The van der Waals surface area contributed by atoms with E-state index in [1.165, 1.54) is 0 Å². The maximum absolute atomic E-state index is 9.70. The van der Waals surface area contributed by atoms with Crippen LogP contribution in [0.25, 0.3) is 0 Å². The molecule has 1 aliphatic carbocycles. The number of benzene rings is 1. The van der Waals surface area contributed by atoms with Crippen LogP contribution in [0.2, 0.25) is 0 Å². The van der Waals surface area contributed by atoms with E-state index in [2.05, 4.69) is 11.2 Å². The van der Waals surface area contributed by atoms with Crippen molar-refractivity contribution in [3.8, 4) is 6.07 Å². The molecule has 0 fully saturated rings. The predicted octanol–water partition coefficient (Wildman–Crippen LogP) is 1.26. The molecule has 90 valence electrons. The second kappa shape index (κ2) is 4.28. The van der Waals surface area contributed by atoms with Crippen molar-refractivity contribution in [1.82, 2.24) is 9.78 Å². The van der Waals surface area contributed by atoms with E-state index in [1.807, 2.05) is 35.0 Å². The first-order valence-corrected chi connectivity index (χ1v) is 5.98. The average Bonchev–Trinajstić information content (AvgIpc) is 2.90. The Balaban J connectivity index is 1.97. The van der Waals surface area contributed by atoms with Crippen molar-refractivity contribution < 1.29 is 5.11 Å². The van der Waals surface area contributed by atoms with Crippen LogP contribution in [0.5, 0.6) is 0 Å². The molecule has 0 aliphatic heterocycles. The van der Waals surface area contributed by atoms with Gasteiger partial charge in [-0.15, -0.1) is 0 Å². The van der Waals surface area contributed by atoms with Gasteiger partial charge < -0.3 is 5.11 Å². The number of nitrogens with zero attached hydrogens (tertiary/aromatic N) is 3. The predicted molar refractivity (Wildman–Crippen MR) is 65.9 cm³/mol. The standard InChI is InChI=1S/C14H13N3O/c15-8-13-12-6-11(18)7-14(12)17(16-13)9-10-4-2-1-3-5-10/h1-5,11,18H,6-7,9H2. The normalized spacial score (nSPS) is 17.4. The van der Waals surface area contributed by atoms with Crippen molar-refractivity contribution in [2.24, 2.45) is 0 Å². The first-order chi connectivity index (χ1) is 8.78. The smallest absolute Gasteiger partial charge is 0.166 e. The van der Waals surface area contributed by atoms with Crippen molar-refractivity contribution in [2.45, 2.75) is 25.5 Å². The highest BCUT2D eigenvalue weighted by atomic mass is 16.3. The van der Waals surface area contributed by atoms with Gasteiger partial charge in [0, 0.05) is 24.1 Å². The van der Waals surface area contributed by atoms with Gasteiger partial charge in [-0.2, -0.15) is 10.4 Å². The molecule has 0 radical (unpaired) electrons. The second-order valence-electron chi connectivity index (χ2n) is 4.59. The summed E-state index contributed by atoms with van der Waals surface area (Å²) in [6.45, 7) is 0.650. The van der Waals surface area contributed by atoms with Gasteiger partial charge in [0.05, 0.1) is 12.6 Å². The first-order valence-electron chi connectivity index (χ1n) is 5.98. The van der Waals surface area contributed by atoms with Gasteiger partial charge in [0.25, 0.3) is 0 Å². The molecule has 1 N–H and O–H groups in total. The lowest BCUT2D eigenvalue weighted by Gasteiger charge is -2.06. The van der Waals surface area contributed by atoms with Crippen LogP contribution in [0, 0.1) is 11.3 Å². The molecule has 18 heavy (non-hydrogen) atoms. The molecule has 4 heteroatoms. The summed E-state index contributed by atoms with van der Waals surface area (Å²) in [4.78, 5) is 0. The van der Waals surface area contributed by atoms with E-state index in [-0.39, 0.29) is 6.10 Å². The minimum atomic E-state index is -0.368. The molecule has 0 saturated carbocycles. The lowest BCUT2D eigenvalue weighted by Crippen LogP contribution is -2.11. The number of aliphatic hydroxyl groups is 1. The third kappa shape index (κ3) is 1.79. The molecule has 2 aromatic rings. The highest BCUT2D eigenvalue weighted by Gasteiger charge is 2.28. The summed E-state index contributed by atoms with van der Waals surface area (Å²) in [6, 6.07) is 12.1. The Kier molecular flexibility index (Phi) is 2.62. The Hall–Kier alpha value is -2.12. The number of fused-ring (bicyclic) bond motifs is 1. The molecule has 4 nitrogen and oxygen atoms in total. The van der Waals surface area contributed by atoms with Crippen LogP contribution in [-0.2, 0) is 19.4 Å². The van der Waals surface area contributed by atoms with Crippen molar-refractivity contribution in [1.29, 1.82) is 5.26 Å². The minimum absolute atomic E-state index is 0.368. The van der Waals surface area contributed by atoms with Gasteiger partial charge in [0.1, 0.15) is 6.07 Å². The van der Waals surface area contributed by atoms with E-state index in [0.717, 1.165) is 16.8 Å². The molecule has 1 aromatic carbocycles. The molecule has 1 atom stereocenters. The van der Waals surface area contributed by atoms with Crippen LogP contribution in [0.4, 0.5) is 0 Å². The van der Waals surface area contributed by atoms with Gasteiger partial charge in [0.15, 0.2) is 5.69 Å². The molecule has 0 bridgehead atoms. The molecular formula is C14H13N3O. The Morgan fingerprint density at radius 3 is 2.83 bits per heavy atom. The van der Waals surface area contributed by atoms with Crippen LogP contribution >= 0.6 is 0 Å². The van der Waals surface area contributed by atoms with Gasteiger partial charge in [-0.05, 0) is 5.56 Å². The summed E-state index contributed by atoms with van der Waals surface area (Å²) < 4.78 is 1.85. The van der Waals surface area contributed by atoms with Crippen molar-refractivity contribution >= 4 is 0 Å². The van der Waals surface area contributed by atoms with E-state index in [4.69, 9.17) is 5.26 Å². The number of nitriles is 1. The fourth-order valence-electron chi connectivity index (χ4n) is 2.48. The molecule has 0 amide bonds. The Morgan fingerprint density at radius 1 is 1.33 bits per heavy atom. The van der Waals surface area contributed by atoms with E-state index >= 15 is 0 Å². The molecular weight excluding hydrogens is 226 g/mol. The van der Waals surface area contributed by atoms with Gasteiger partial charge in [-0.3, -0.25) is 4.68 Å². The molecule has 1 heterocycles. The zero-order valence-electron chi connectivity index (χ0n) is 9.87. The maximum atomic E-state index is 9.70. The number of rotatable bonds is 2. The summed E-state index contributed by atoms with van der Waals surface area (Å²) in [5.74, 6) is 0. The van der Waals surface area contributed by atoms with Crippen LogP contribution in [0.15, 0.2) is 30.3 Å². The van der Waals surface area contributed by atoms with E-state index in [1.54, 1.807) is 0 Å². The van der Waals surface area contributed by atoms with Crippen LogP contribution in [-0.4, -0.2) is 21.0 Å². The Labute approximate surface area is 105 Å². The molecule has 3 rings (SSSR count). The SMILES string of the molecule is N#Cc1nn(Cc2ccccc2)c2c1CC(O)C2. The Bertz CT molecular complexity index is 610. The van der Waals surface area contributed by atoms with Gasteiger partial charge in [0.2, 0.25) is 0 Å². The zero-order valence-corrected chi connectivity index (χ0v) is 9.87. The average molecular weight is 239 g/mol. The van der Waals surface area contributed by atoms with E-state index in [9.17, 15) is 5.11 Å². The molecule has 1 unspecified atom stereocenters. The lowest BCUT2D eigenvalue weighted by atomic mass is 10.2. The highest BCUT2D eigenvalue weighted by Crippen LogP contribution is 2.25. The first kappa shape index (κ1) is 11.0. The monoisotopic (exact) mass is 239 g/mol. The summed E-state index contributed by atoms with van der Waals surface area (Å²) >= 11 is 0. The van der Waals surface area contributed by atoms with Crippen LogP contribution in [0.3, 0.4) is 0 Å². The van der Waals surface area contributed by atoms with Gasteiger partial charge >= 0.3 is 0 Å². The number of hydrogen-bond acceptors (Lipinski definition) is 3. The van der Waals surface area contributed by atoms with E-state index in [0.29, 0.717) is 25.1 Å². The summed E-state index contributed by atoms with van der Waals surface area (Å²) in [5.41, 5.74) is 3.52. The summed E-state index contributed by atoms with van der Waals surface area (Å²) in [5, 5.41) is 23.1. The van der Waals surface area contributed by atoms with Crippen molar-refractivity contribution in [3.63, 3.8) is 0 Å². The Morgan fingerprint density at radius 2 is 2.11 bits per heavy atom. The molecule has 1 aromatic heterocycles. The topological polar surface area (TPSA) is 61.8 Å². The van der Waals surface area contributed by atoms with E-state index < -0.39 is 0 Å². The number of hydrogen-bond donors (Lipinski definition) is 1. The van der Waals surface area contributed by atoms with Crippen molar-refractivity contribution in [3.05, 3.63) is 52.8 Å². The quantitative estimate of drug-likeness (QED) is 0.858. The molecule has 0 saturated heterocycles. The summed E-state index contributed by atoms with van der Waals surface area (Å²) in [6.07, 6.45) is 0.774. The third-order valence-corrected chi connectivity index (χ3v) is 3.32. The van der Waals surface area contributed by atoms with Crippen molar-refractivity contribution in [2.75, 3.05) is 0 Å².